The average Bonchev–Trinajstić information content (AvgIpc) is 3.42. The maximum absolute atomic E-state index is 13.6. The fourth-order valence-electron chi connectivity index (χ4n) is 5.85. The summed E-state index contributed by atoms with van der Waals surface area (Å²) in [5.74, 6) is 0.0564. The number of H-pyrrole nitrogens is 1. The van der Waals surface area contributed by atoms with Crippen LogP contribution < -0.4 is 10.2 Å². The molecule has 3 aromatic rings. The van der Waals surface area contributed by atoms with Crippen molar-refractivity contribution in [3.63, 3.8) is 0 Å². The molecule has 1 spiro atoms. The second-order valence-corrected chi connectivity index (χ2v) is 11.1. The van der Waals surface area contributed by atoms with Crippen LogP contribution in [0, 0.1) is 16.7 Å². The predicted molar refractivity (Wildman–Crippen MR) is 127 cm³/mol. The molecular weight excluding hydrogens is 418 g/mol. The van der Waals surface area contributed by atoms with Crippen molar-refractivity contribution in [2.45, 2.75) is 44.9 Å². The minimum Gasteiger partial charge on any atom is -0.357 e. The molecule has 1 aromatic carbocycles. The second-order valence-electron chi connectivity index (χ2n) is 10.1. The molecular formula is C25H27N5OS. The number of hydrogen-bond donors (Lipinski definition) is 2. The summed E-state index contributed by atoms with van der Waals surface area (Å²) in [5, 5.41) is 14.6. The first kappa shape index (κ1) is 20.0. The van der Waals surface area contributed by atoms with E-state index in [9.17, 15) is 10.1 Å². The van der Waals surface area contributed by atoms with E-state index in [4.69, 9.17) is 4.98 Å². The molecule has 0 saturated carbocycles. The molecule has 6 rings (SSSR count). The van der Waals surface area contributed by atoms with E-state index in [2.05, 4.69) is 35.1 Å². The molecule has 2 fully saturated rings. The number of nitriles is 1. The van der Waals surface area contributed by atoms with E-state index in [0.29, 0.717) is 11.0 Å². The van der Waals surface area contributed by atoms with Crippen molar-refractivity contribution in [1.82, 2.24) is 15.3 Å². The van der Waals surface area contributed by atoms with Crippen LogP contribution >= 0.6 is 11.3 Å². The van der Waals surface area contributed by atoms with E-state index < -0.39 is 5.41 Å². The normalized spacial score (nSPS) is 21.4. The van der Waals surface area contributed by atoms with Crippen LogP contribution in [0.1, 0.15) is 71.7 Å². The van der Waals surface area contributed by atoms with E-state index in [1.807, 2.05) is 12.1 Å². The Hall–Kier alpha value is -2.69. The number of ketones is 1. The molecule has 2 aliphatic heterocycles. The van der Waals surface area contributed by atoms with Crippen LogP contribution in [0.25, 0.3) is 10.9 Å². The van der Waals surface area contributed by atoms with Gasteiger partial charge in [0.1, 0.15) is 4.88 Å². The first-order chi connectivity index (χ1) is 15.4. The first-order valence-electron chi connectivity index (χ1n) is 11.5. The summed E-state index contributed by atoms with van der Waals surface area (Å²) in [7, 11) is 0. The molecule has 7 heteroatoms. The minimum absolute atomic E-state index is 0.0564. The Morgan fingerprint density at radius 3 is 2.62 bits per heavy atom. The molecule has 4 heterocycles. The van der Waals surface area contributed by atoms with Gasteiger partial charge in [-0.25, -0.2) is 4.98 Å². The molecule has 2 saturated heterocycles. The Balaban J connectivity index is 1.36. The van der Waals surface area contributed by atoms with Crippen molar-refractivity contribution in [3.8, 4) is 6.07 Å². The fraction of sp³-hybridized carbons (Fsp3) is 0.480. The number of nitrogens with zero attached hydrogens (tertiary/aromatic N) is 3. The maximum Gasteiger partial charge on any atom is 0.207 e. The number of anilines is 1. The predicted octanol–water partition coefficient (Wildman–Crippen LogP) is 4.34. The largest absolute Gasteiger partial charge is 0.357 e. The van der Waals surface area contributed by atoms with Gasteiger partial charge in [-0.3, -0.25) is 4.79 Å². The minimum atomic E-state index is -0.398. The van der Waals surface area contributed by atoms with Crippen molar-refractivity contribution in [1.29, 1.82) is 5.26 Å². The van der Waals surface area contributed by atoms with Gasteiger partial charge in [-0.1, -0.05) is 17.4 Å². The van der Waals surface area contributed by atoms with Crippen LogP contribution in [0.2, 0.25) is 0 Å². The Morgan fingerprint density at radius 2 is 1.91 bits per heavy atom. The Labute approximate surface area is 191 Å². The summed E-state index contributed by atoms with van der Waals surface area (Å²) in [6, 6.07) is 7.69. The number of aromatic amines is 1. The number of carbonyl (C=O) groups is 1. The highest BCUT2D eigenvalue weighted by atomic mass is 32.1. The van der Waals surface area contributed by atoms with Gasteiger partial charge in [0, 0.05) is 35.1 Å². The van der Waals surface area contributed by atoms with E-state index >= 15 is 0 Å². The number of piperidine rings is 2. The van der Waals surface area contributed by atoms with Crippen LogP contribution in [0.4, 0.5) is 5.13 Å². The second kappa shape index (κ2) is 6.90. The first-order valence-corrected chi connectivity index (χ1v) is 12.3. The average molecular weight is 446 g/mol. The number of thiazole rings is 1. The highest BCUT2D eigenvalue weighted by molar-refractivity contribution is 7.18. The van der Waals surface area contributed by atoms with Gasteiger partial charge < -0.3 is 15.2 Å². The molecule has 0 bridgehead atoms. The van der Waals surface area contributed by atoms with Gasteiger partial charge in [-0.15, -0.1) is 0 Å². The molecule has 0 unspecified atom stereocenters. The van der Waals surface area contributed by atoms with Crippen LogP contribution in [-0.2, 0) is 5.41 Å². The molecule has 2 N–H and O–H groups in total. The zero-order valence-corrected chi connectivity index (χ0v) is 19.4. The summed E-state index contributed by atoms with van der Waals surface area (Å²) >= 11 is 1.56. The van der Waals surface area contributed by atoms with E-state index in [1.165, 1.54) is 25.7 Å². The van der Waals surface area contributed by atoms with Gasteiger partial charge in [-0.05, 0) is 70.2 Å². The van der Waals surface area contributed by atoms with Crippen molar-refractivity contribution in [2.75, 3.05) is 31.1 Å². The lowest BCUT2D eigenvalue weighted by atomic mass is 9.72. The molecule has 32 heavy (non-hydrogen) atoms. The number of nitrogens with one attached hydrogen (secondary N) is 2. The maximum atomic E-state index is 13.6. The lowest BCUT2D eigenvalue weighted by Gasteiger charge is -2.44. The third-order valence-electron chi connectivity index (χ3n) is 7.95. The number of rotatable bonds is 1. The van der Waals surface area contributed by atoms with Crippen molar-refractivity contribution in [2.24, 2.45) is 5.41 Å². The Bertz CT molecular complexity index is 1280. The number of benzene rings is 1. The van der Waals surface area contributed by atoms with Crippen LogP contribution in [0.5, 0.6) is 0 Å². The fourth-order valence-corrected chi connectivity index (χ4v) is 7.08. The molecule has 3 aliphatic rings. The summed E-state index contributed by atoms with van der Waals surface area (Å²) < 4.78 is 0. The zero-order valence-electron chi connectivity index (χ0n) is 18.5. The van der Waals surface area contributed by atoms with Crippen molar-refractivity contribution >= 4 is 33.2 Å². The smallest absolute Gasteiger partial charge is 0.207 e. The summed E-state index contributed by atoms with van der Waals surface area (Å²) in [4.78, 5) is 25.3. The zero-order chi connectivity index (χ0) is 22.1. The number of aromatic nitrogens is 2. The topological polar surface area (TPSA) is 84.8 Å². The quantitative estimate of drug-likeness (QED) is 0.582. The van der Waals surface area contributed by atoms with Crippen LogP contribution in [-0.4, -0.2) is 41.9 Å². The van der Waals surface area contributed by atoms with E-state index in [1.54, 1.807) is 17.4 Å². The highest BCUT2D eigenvalue weighted by Gasteiger charge is 2.44. The molecule has 2 aromatic heterocycles. The Morgan fingerprint density at radius 1 is 1.16 bits per heavy atom. The highest BCUT2D eigenvalue weighted by Crippen LogP contribution is 2.48. The van der Waals surface area contributed by atoms with Crippen LogP contribution in [0.15, 0.2) is 18.2 Å². The van der Waals surface area contributed by atoms with Gasteiger partial charge in [-0.2, -0.15) is 5.26 Å². The number of carbonyl (C=O) groups excluding carboxylic acids is 1. The third-order valence-corrected chi connectivity index (χ3v) is 9.07. The molecule has 0 radical (unpaired) electrons. The molecule has 6 nitrogen and oxygen atoms in total. The van der Waals surface area contributed by atoms with Gasteiger partial charge in [0.25, 0.3) is 0 Å². The monoisotopic (exact) mass is 445 g/mol. The Kier molecular flexibility index (Phi) is 4.30. The summed E-state index contributed by atoms with van der Waals surface area (Å²) in [6.07, 6.45) is 4.97. The van der Waals surface area contributed by atoms with Crippen LogP contribution in [0.3, 0.4) is 0 Å². The standard InChI is InChI=1S/C25H27N5OS/c1-24(2)21-18(16-4-3-15(14-26)13-17(16)28-21)19(31)20-22(24)29-23(32-20)30-11-7-25(8-12-30)5-9-27-10-6-25/h3-4,13,27-28H,5-12H2,1-2H3. The van der Waals surface area contributed by atoms with Gasteiger partial charge >= 0.3 is 0 Å². The van der Waals surface area contributed by atoms with Gasteiger partial charge in [0.2, 0.25) is 5.78 Å². The molecule has 0 amide bonds. The summed E-state index contributed by atoms with van der Waals surface area (Å²) in [5.41, 5.74) is 4.05. The van der Waals surface area contributed by atoms with E-state index in [0.717, 1.165) is 64.0 Å². The summed E-state index contributed by atoms with van der Waals surface area (Å²) in [6.45, 7) is 8.59. The van der Waals surface area contributed by atoms with Crippen molar-refractivity contribution < 1.29 is 4.79 Å². The van der Waals surface area contributed by atoms with E-state index in [-0.39, 0.29) is 5.78 Å². The SMILES string of the molecule is CC1(C)c2nc(N3CCC4(CCNCC4)CC3)sc2C(=O)c2c1[nH]c1cc(C#N)ccc21. The van der Waals surface area contributed by atoms with Gasteiger partial charge in [0.15, 0.2) is 5.13 Å². The third kappa shape index (κ3) is 2.79. The number of hydrogen-bond acceptors (Lipinski definition) is 6. The molecule has 164 valence electrons. The number of fused-ring (bicyclic) bond motifs is 4. The molecule has 1 aliphatic carbocycles. The lowest BCUT2D eigenvalue weighted by molar-refractivity contribution is 0.103. The van der Waals surface area contributed by atoms with Crippen molar-refractivity contribution in [3.05, 3.63) is 45.6 Å². The van der Waals surface area contributed by atoms with Gasteiger partial charge in [0.05, 0.1) is 22.9 Å². The lowest BCUT2D eigenvalue weighted by Crippen LogP contribution is -2.45. The molecule has 0 atom stereocenters.